The maximum atomic E-state index is 8.77. The zero-order valence-corrected chi connectivity index (χ0v) is 7.64. The summed E-state index contributed by atoms with van der Waals surface area (Å²) in [5.41, 5.74) is 0.513. The van der Waals surface area contributed by atoms with Crippen LogP contribution < -0.4 is 4.74 Å². The summed E-state index contributed by atoms with van der Waals surface area (Å²) < 4.78 is 10.6. The second-order valence-electron chi connectivity index (χ2n) is 3.08. The van der Waals surface area contributed by atoms with Crippen molar-refractivity contribution in [1.29, 1.82) is 5.26 Å². The smallest absolute Gasteiger partial charge is 0.155 e. The lowest BCUT2D eigenvalue weighted by Crippen LogP contribution is -2.32. The van der Waals surface area contributed by atoms with Gasteiger partial charge in [0.05, 0.1) is 17.9 Å². The molecule has 0 aliphatic carbocycles. The minimum atomic E-state index is 0.182. The van der Waals surface area contributed by atoms with E-state index in [1.807, 2.05) is 6.07 Å². The van der Waals surface area contributed by atoms with Gasteiger partial charge in [-0.15, -0.1) is 0 Å². The van der Waals surface area contributed by atoms with Crippen LogP contribution in [0.25, 0.3) is 0 Å². The lowest BCUT2D eigenvalue weighted by Gasteiger charge is -2.26. The summed E-state index contributed by atoms with van der Waals surface area (Å²) in [5, 5.41) is 8.77. The first-order chi connectivity index (χ1) is 6.90. The standard InChI is InChI=1S/C10H10N2O2/c11-5-8-1-3-12-6-10(8)14-7-9-2-4-13-9/h1,3,6,9H,2,4,7H2. The maximum absolute atomic E-state index is 8.77. The van der Waals surface area contributed by atoms with Gasteiger partial charge >= 0.3 is 0 Å². The van der Waals surface area contributed by atoms with E-state index < -0.39 is 0 Å². The molecule has 0 N–H and O–H groups in total. The summed E-state index contributed by atoms with van der Waals surface area (Å²) in [6, 6.07) is 3.69. The van der Waals surface area contributed by atoms with Gasteiger partial charge in [-0.2, -0.15) is 5.26 Å². The lowest BCUT2D eigenvalue weighted by molar-refractivity contribution is -0.0721. The van der Waals surface area contributed by atoms with Crippen LogP contribution in [-0.2, 0) is 4.74 Å². The van der Waals surface area contributed by atoms with Gasteiger partial charge in [-0.3, -0.25) is 4.98 Å². The first-order valence-electron chi connectivity index (χ1n) is 4.48. The number of nitrogens with zero attached hydrogens (tertiary/aromatic N) is 2. The number of rotatable bonds is 3. The van der Waals surface area contributed by atoms with Crippen molar-refractivity contribution in [2.45, 2.75) is 12.5 Å². The first-order valence-corrected chi connectivity index (χ1v) is 4.48. The molecule has 2 rings (SSSR count). The molecule has 2 heterocycles. The summed E-state index contributed by atoms with van der Waals surface area (Å²) >= 11 is 0. The molecule has 1 saturated heterocycles. The molecule has 0 radical (unpaired) electrons. The van der Waals surface area contributed by atoms with E-state index in [9.17, 15) is 0 Å². The van der Waals surface area contributed by atoms with Gasteiger partial charge in [0.15, 0.2) is 5.75 Å². The third-order valence-corrected chi connectivity index (χ3v) is 2.12. The predicted molar refractivity (Wildman–Crippen MR) is 48.8 cm³/mol. The summed E-state index contributed by atoms with van der Waals surface area (Å²) in [6.45, 7) is 1.31. The summed E-state index contributed by atoms with van der Waals surface area (Å²) in [5.74, 6) is 0.533. The second kappa shape index (κ2) is 4.07. The molecule has 1 aliphatic rings. The number of ether oxygens (including phenoxy) is 2. The lowest BCUT2D eigenvalue weighted by atomic mass is 10.2. The Morgan fingerprint density at radius 3 is 3.21 bits per heavy atom. The average Bonchev–Trinajstić information content (AvgIpc) is 2.16. The quantitative estimate of drug-likeness (QED) is 0.716. The molecule has 1 aromatic rings. The monoisotopic (exact) mass is 190 g/mol. The first kappa shape index (κ1) is 8.97. The fraction of sp³-hybridized carbons (Fsp3) is 0.400. The molecule has 14 heavy (non-hydrogen) atoms. The van der Waals surface area contributed by atoms with Gasteiger partial charge in [0.1, 0.15) is 12.7 Å². The van der Waals surface area contributed by atoms with Gasteiger partial charge in [0.2, 0.25) is 0 Å². The molecular weight excluding hydrogens is 180 g/mol. The van der Waals surface area contributed by atoms with Gasteiger partial charge < -0.3 is 9.47 Å². The molecule has 1 aromatic heterocycles. The Hall–Kier alpha value is -1.60. The molecule has 1 aliphatic heterocycles. The van der Waals surface area contributed by atoms with Crippen LogP contribution in [0, 0.1) is 11.3 Å². The molecule has 0 saturated carbocycles. The Morgan fingerprint density at radius 1 is 1.71 bits per heavy atom. The van der Waals surface area contributed by atoms with E-state index >= 15 is 0 Å². The van der Waals surface area contributed by atoms with E-state index in [4.69, 9.17) is 14.7 Å². The molecule has 72 valence electrons. The molecule has 0 amide bonds. The van der Waals surface area contributed by atoms with Crippen molar-refractivity contribution >= 4 is 0 Å². The molecule has 1 unspecified atom stereocenters. The Morgan fingerprint density at radius 2 is 2.57 bits per heavy atom. The molecule has 4 nitrogen and oxygen atoms in total. The molecular formula is C10H10N2O2. The van der Waals surface area contributed by atoms with Crippen molar-refractivity contribution in [3.05, 3.63) is 24.0 Å². The van der Waals surface area contributed by atoms with Crippen molar-refractivity contribution in [3.63, 3.8) is 0 Å². The highest BCUT2D eigenvalue weighted by Gasteiger charge is 2.19. The highest BCUT2D eigenvalue weighted by Crippen LogP contribution is 2.17. The summed E-state index contributed by atoms with van der Waals surface area (Å²) in [7, 11) is 0. The fourth-order valence-electron chi connectivity index (χ4n) is 1.19. The molecule has 0 aromatic carbocycles. The van der Waals surface area contributed by atoms with E-state index in [1.54, 1.807) is 18.5 Å². The van der Waals surface area contributed by atoms with Crippen LogP contribution >= 0.6 is 0 Å². The van der Waals surface area contributed by atoms with Gasteiger partial charge in [-0.05, 0) is 6.07 Å². The Bertz CT molecular complexity index is 355. The van der Waals surface area contributed by atoms with Crippen molar-refractivity contribution < 1.29 is 9.47 Å². The van der Waals surface area contributed by atoms with Crippen molar-refractivity contribution in [3.8, 4) is 11.8 Å². The highest BCUT2D eigenvalue weighted by atomic mass is 16.5. The number of nitriles is 1. The van der Waals surface area contributed by atoms with Crippen LogP contribution in [0.5, 0.6) is 5.75 Å². The van der Waals surface area contributed by atoms with Crippen LogP contribution in [0.2, 0.25) is 0 Å². The van der Waals surface area contributed by atoms with E-state index in [0.717, 1.165) is 13.0 Å². The van der Waals surface area contributed by atoms with Gasteiger partial charge in [-0.25, -0.2) is 0 Å². The van der Waals surface area contributed by atoms with E-state index in [1.165, 1.54) is 0 Å². The molecule has 1 fully saturated rings. The third kappa shape index (κ3) is 1.83. The van der Waals surface area contributed by atoms with Crippen LogP contribution in [0.15, 0.2) is 18.5 Å². The van der Waals surface area contributed by atoms with Gasteiger partial charge in [0.25, 0.3) is 0 Å². The fourth-order valence-corrected chi connectivity index (χ4v) is 1.19. The number of hydrogen-bond acceptors (Lipinski definition) is 4. The SMILES string of the molecule is N#Cc1ccncc1OCC1CCO1. The zero-order valence-electron chi connectivity index (χ0n) is 7.64. The summed E-state index contributed by atoms with van der Waals surface area (Å²) in [6.07, 6.45) is 4.34. The Labute approximate surface area is 82.1 Å². The molecule has 0 bridgehead atoms. The topological polar surface area (TPSA) is 55.1 Å². The highest BCUT2D eigenvalue weighted by molar-refractivity contribution is 5.40. The Balaban J connectivity index is 1.97. The Kier molecular flexibility index (Phi) is 2.61. The van der Waals surface area contributed by atoms with Crippen molar-refractivity contribution in [1.82, 2.24) is 4.98 Å². The molecule has 0 spiro atoms. The van der Waals surface area contributed by atoms with Crippen molar-refractivity contribution in [2.24, 2.45) is 0 Å². The number of pyridine rings is 1. The normalized spacial score (nSPS) is 19.5. The van der Waals surface area contributed by atoms with Gasteiger partial charge in [-0.1, -0.05) is 0 Å². The zero-order chi connectivity index (χ0) is 9.80. The average molecular weight is 190 g/mol. The molecule has 1 atom stereocenters. The molecule has 4 heteroatoms. The van der Waals surface area contributed by atoms with Crippen LogP contribution in [0.3, 0.4) is 0 Å². The van der Waals surface area contributed by atoms with Crippen LogP contribution in [0.1, 0.15) is 12.0 Å². The minimum Gasteiger partial charge on any atom is -0.488 e. The number of aromatic nitrogens is 1. The summed E-state index contributed by atoms with van der Waals surface area (Å²) in [4.78, 5) is 3.90. The van der Waals surface area contributed by atoms with Crippen molar-refractivity contribution in [2.75, 3.05) is 13.2 Å². The van der Waals surface area contributed by atoms with Gasteiger partial charge in [0, 0.05) is 19.2 Å². The third-order valence-electron chi connectivity index (χ3n) is 2.12. The minimum absolute atomic E-state index is 0.182. The van der Waals surface area contributed by atoms with E-state index in [-0.39, 0.29) is 6.10 Å². The van der Waals surface area contributed by atoms with Crippen LogP contribution in [-0.4, -0.2) is 24.3 Å². The van der Waals surface area contributed by atoms with E-state index in [0.29, 0.717) is 17.9 Å². The van der Waals surface area contributed by atoms with Crippen LogP contribution in [0.4, 0.5) is 0 Å². The largest absolute Gasteiger partial charge is 0.488 e. The number of hydrogen-bond donors (Lipinski definition) is 0. The maximum Gasteiger partial charge on any atom is 0.155 e. The second-order valence-corrected chi connectivity index (χ2v) is 3.08. The predicted octanol–water partition coefficient (Wildman–Crippen LogP) is 1.12. The van der Waals surface area contributed by atoms with E-state index in [2.05, 4.69) is 4.98 Å².